The van der Waals surface area contributed by atoms with E-state index < -0.39 is 0 Å². The van der Waals surface area contributed by atoms with Crippen molar-refractivity contribution in [2.75, 3.05) is 0 Å². The van der Waals surface area contributed by atoms with Crippen LogP contribution in [0.1, 0.15) is 18.1 Å². The van der Waals surface area contributed by atoms with Crippen molar-refractivity contribution in [2.24, 2.45) is 0 Å². The average Bonchev–Trinajstić information content (AvgIpc) is 2.39. The Labute approximate surface area is 109 Å². The molecule has 0 saturated heterocycles. The largest absolute Gasteiger partial charge is 0.0984 e. The van der Waals surface area contributed by atoms with Crippen molar-refractivity contribution in [2.45, 2.75) is 13.8 Å². The molecule has 0 bridgehead atoms. The van der Waals surface area contributed by atoms with Gasteiger partial charge in [-0.25, -0.2) is 0 Å². The van der Waals surface area contributed by atoms with Crippen LogP contribution in [0.3, 0.4) is 0 Å². The number of hydrogen-bond acceptors (Lipinski definition) is 0. The summed E-state index contributed by atoms with van der Waals surface area (Å²) in [6.45, 7) is 8.02. The molecule has 0 heterocycles. The van der Waals surface area contributed by atoms with Crippen molar-refractivity contribution in [3.05, 3.63) is 78.4 Å². The standard InChI is InChI=1S/C18H18/c1-4-6-7-15(5-2)17-11-10-16-12-14(3)8-9-18(16)13-17/h4-13H,2H2,1,3H3/b6-4-,15-7+. The molecular formula is C18H18. The quantitative estimate of drug-likeness (QED) is 0.633. The van der Waals surface area contributed by atoms with Crippen LogP contribution in [0.15, 0.2) is 67.3 Å². The Kier molecular flexibility index (Phi) is 3.78. The van der Waals surface area contributed by atoms with E-state index in [-0.39, 0.29) is 0 Å². The molecule has 0 aliphatic heterocycles. The lowest BCUT2D eigenvalue weighted by atomic mass is 10.00. The van der Waals surface area contributed by atoms with Gasteiger partial charge in [-0.15, -0.1) is 0 Å². The van der Waals surface area contributed by atoms with Gasteiger partial charge in [0.1, 0.15) is 0 Å². The number of benzene rings is 2. The number of aryl methyl sites for hydroxylation is 1. The Morgan fingerprint density at radius 2 is 1.78 bits per heavy atom. The highest BCUT2D eigenvalue weighted by atomic mass is 14.0. The monoisotopic (exact) mass is 234 g/mol. The summed E-state index contributed by atoms with van der Waals surface area (Å²) in [6, 6.07) is 13.1. The summed E-state index contributed by atoms with van der Waals surface area (Å²) < 4.78 is 0. The predicted molar refractivity (Wildman–Crippen MR) is 81.7 cm³/mol. The lowest BCUT2D eigenvalue weighted by Gasteiger charge is -2.05. The summed E-state index contributed by atoms with van der Waals surface area (Å²) in [7, 11) is 0. The van der Waals surface area contributed by atoms with Gasteiger partial charge in [0.05, 0.1) is 0 Å². The molecule has 2 aromatic carbocycles. The second-order valence-corrected chi connectivity index (χ2v) is 4.42. The second-order valence-electron chi connectivity index (χ2n) is 4.42. The van der Waals surface area contributed by atoms with Gasteiger partial charge in [-0.3, -0.25) is 0 Å². The van der Waals surface area contributed by atoms with E-state index >= 15 is 0 Å². The van der Waals surface area contributed by atoms with Crippen molar-refractivity contribution >= 4 is 16.3 Å². The minimum absolute atomic E-state index is 1.15. The molecule has 0 nitrogen and oxygen atoms in total. The fraction of sp³-hybridized carbons (Fsp3) is 0.111. The fourth-order valence-electron chi connectivity index (χ4n) is 2.03. The van der Waals surface area contributed by atoms with Crippen LogP contribution in [0, 0.1) is 6.92 Å². The van der Waals surface area contributed by atoms with E-state index in [0.717, 1.165) is 5.57 Å². The van der Waals surface area contributed by atoms with Gasteiger partial charge < -0.3 is 0 Å². The molecule has 0 atom stereocenters. The van der Waals surface area contributed by atoms with Crippen LogP contribution in [0.25, 0.3) is 16.3 Å². The summed E-state index contributed by atoms with van der Waals surface area (Å²) in [4.78, 5) is 0. The van der Waals surface area contributed by atoms with Crippen LogP contribution in [-0.2, 0) is 0 Å². The molecule has 2 rings (SSSR count). The molecule has 0 unspecified atom stereocenters. The van der Waals surface area contributed by atoms with E-state index in [1.807, 2.05) is 25.2 Å². The van der Waals surface area contributed by atoms with Crippen molar-refractivity contribution in [1.82, 2.24) is 0 Å². The Balaban J connectivity index is 2.52. The molecule has 0 heteroatoms. The van der Waals surface area contributed by atoms with Gasteiger partial charge in [0, 0.05) is 0 Å². The number of hydrogen-bond donors (Lipinski definition) is 0. The minimum atomic E-state index is 1.15. The molecule has 18 heavy (non-hydrogen) atoms. The Morgan fingerprint density at radius 1 is 1.06 bits per heavy atom. The normalized spacial score (nSPS) is 12.2. The zero-order valence-electron chi connectivity index (χ0n) is 11.0. The van der Waals surface area contributed by atoms with Crippen molar-refractivity contribution in [3.8, 4) is 0 Å². The van der Waals surface area contributed by atoms with Gasteiger partial charge in [0.2, 0.25) is 0 Å². The van der Waals surface area contributed by atoms with Crippen molar-refractivity contribution < 1.29 is 0 Å². The molecule has 90 valence electrons. The summed E-state index contributed by atoms with van der Waals surface area (Å²) in [5.41, 5.74) is 3.65. The molecule has 0 aliphatic carbocycles. The first-order valence-electron chi connectivity index (χ1n) is 6.21. The van der Waals surface area contributed by atoms with Gasteiger partial charge in [0.15, 0.2) is 0 Å². The van der Waals surface area contributed by atoms with Crippen molar-refractivity contribution in [3.63, 3.8) is 0 Å². The highest BCUT2D eigenvalue weighted by molar-refractivity contribution is 5.88. The Morgan fingerprint density at radius 3 is 2.50 bits per heavy atom. The lowest BCUT2D eigenvalue weighted by molar-refractivity contribution is 1.50. The number of fused-ring (bicyclic) bond motifs is 1. The molecule has 0 aliphatic rings. The predicted octanol–water partition coefficient (Wildman–Crippen LogP) is 5.29. The fourth-order valence-corrected chi connectivity index (χ4v) is 2.03. The molecule has 0 spiro atoms. The van der Waals surface area contributed by atoms with E-state index in [1.165, 1.54) is 21.9 Å². The molecular weight excluding hydrogens is 216 g/mol. The van der Waals surface area contributed by atoms with Gasteiger partial charge >= 0.3 is 0 Å². The van der Waals surface area contributed by atoms with Gasteiger partial charge in [0.25, 0.3) is 0 Å². The summed E-state index contributed by atoms with van der Waals surface area (Å²) in [5, 5.41) is 2.56. The maximum absolute atomic E-state index is 3.88. The third-order valence-electron chi connectivity index (χ3n) is 3.02. The molecule has 0 radical (unpaired) electrons. The molecule has 0 amide bonds. The summed E-state index contributed by atoms with van der Waals surface area (Å²) in [5.74, 6) is 0. The average molecular weight is 234 g/mol. The summed E-state index contributed by atoms with van der Waals surface area (Å²) >= 11 is 0. The first-order valence-corrected chi connectivity index (χ1v) is 6.21. The maximum atomic E-state index is 3.88. The van der Waals surface area contributed by atoms with Gasteiger partial charge in [-0.05, 0) is 41.8 Å². The third-order valence-corrected chi connectivity index (χ3v) is 3.02. The molecule has 0 saturated carbocycles. The molecule has 2 aromatic rings. The van der Waals surface area contributed by atoms with E-state index in [1.54, 1.807) is 0 Å². The first-order chi connectivity index (χ1) is 8.74. The summed E-state index contributed by atoms with van der Waals surface area (Å²) in [6.07, 6.45) is 8.04. The molecule has 0 aromatic heterocycles. The molecule has 0 N–H and O–H groups in total. The van der Waals surface area contributed by atoms with Crippen LogP contribution in [-0.4, -0.2) is 0 Å². The molecule has 0 fully saturated rings. The van der Waals surface area contributed by atoms with Crippen molar-refractivity contribution in [1.29, 1.82) is 0 Å². The van der Waals surface area contributed by atoms with E-state index in [4.69, 9.17) is 0 Å². The van der Waals surface area contributed by atoms with Crippen LogP contribution < -0.4 is 0 Å². The minimum Gasteiger partial charge on any atom is -0.0984 e. The zero-order chi connectivity index (χ0) is 13.0. The first kappa shape index (κ1) is 12.4. The Hall–Kier alpha value is -2.08. The van der Waals surface area contributed by atoms with Crippen LogP contribution in [0.4, 0.5) is 0 Å². The highest BCUT2D eigenvalue weighted by Crippen LogP contribution is 2.22. The maximum Gasteiger partial charge on any atom is -0.0178 e. The van der Waals surface area contributed by atoms with Gasteiger partial charge in [-0.1, -0.05) is 66.8 Å². The Bertz CT molecular complexity index is 628. The SMILES string of the molecule is C=C/C(=C\C=C/C)c1ccc2cc(C)ccc2c1. The topological polar surface area (TPSA) is 0 Å². The van der Waals surface area contributed by atoms with Crippen LogP contribution >= 0.6 is 0 Å². The van der Waals surface area contributed by atoms with E-state index in [2.05, 4.69) is 56.0 Å². The lowest BCUT2D eigenvalue weighted by Crippen LogP contribution is -1.82. The highest BCUT2D eigenvalue weighted by Gasteiger charge is 1.99. The third kappa shape index (κ3) is 2.60. The van der Waals surface area contributed by atoms with Crippen LogP contribution in [0.2, 0.25) is 0 Å². The van der Waals surface area contributed by atoms with E-state index in [9.17, 15) is 0 Å². The zero-order valence-corrected chi connectivity index (χ0v) is 11.0. The second kappa shape index (κ2) is 5.50. The number of allylic oxidation sites excluding steroid dienone is 5. The van der Waals surface area contributed by atoms with Crippen LogP contribution in [0.5, 0.6) is 0 Å². The smallest absolute Gasteiger partial charge is 0.0178 e. The number of rotatable bonds is 3. The van der Waals surface area contributed by atoms with E-state index in [0.29, 0.717) is 0 Å². The van der Waals surface area contributed by atoms with Gasteiger partial charge in [-0.2, -0.15) is 0 Å².